The molecule has 0 rings (SSSR count). The lowest BCUT2D eigenvalue weighted by Gasteiger charge is -2.14. The van der Waals surface area contributed by atoms with Crippen LogP contribution < -0.4 is 10.6 Å². The van der Waals surface area contributed by atoms with Crippen LogP contribution in [0.1, 0.15) is 40.5 Å². The fraction of sp³-hybridized carbons (Fsp3) is 0.875. The lowest BCUT2D eigenvalue weighted by molar-refractivity contribution is -0.146. The van der Waals surface area contributed by atoms with Crippen LogP contribution in [0.2, 0.25) is 0 Å². The molecule has 0 amide bonds. The summed E-state index contributed by atoms with van der Waals surface area (Å²) < 4.78 is 9.18. The smallest absolute Gasteiger partial charge is 0.308 e. The van der Waals surface area contributed by atoms with Gasteiger partial charge < -0.3 is 20.1 Å². The van der Waals surface area contributed by atoms with Gasteiger partial charge in [-0.25, -0.2) is 0 Å². The second-order valence-corrected chi connectivity index (χ2v) is 5.70. The van der Waals surface area contributed by atoms with Gasteiger partial charge in [0.2, 0.25) is 0 Å². The number of rotatable bonds is 8. The first-order valence-corrected chi connectivity index (χ1v) is 7.73. The number of hydrogen-bond acceptors (Lipinski definition) is 6. The second kappa shape index (κ2) is 13.5. The minimum absolute atomic E-state index is 0.0116. The fourth-order valence-electron chi connectivity index (χ4n) is 1.89. The molecule has 0 saturated carbocycles. The van der Waals surface area contributed by atoms with E-state index in [9.17, 15) is 9.59 Å². The number of nitrogens with one attached hydrogen (secondary N) is 2. The molecule has 22 heavy (non-hydrogen) atoms. The van der Waals surface area contributed by atoms with Crippen molar-refractivity contribution in [2.75, 3.05) is 28.3 Å². The van der Waals surface area contributed by atoms with Crippen molar-refractivity contribution in [3.8, 4) is 0 Å². The van der Waals surface area contributed by atoms with E-state index in [1.54, 1.807) is 0 Å². The normalized spacial score (nSPS) is 15.6. The van der Waals surface area contributed by atoms with Gasteiger partial charge in [0.1, 0.15) is 0 Å². The van der Waals surface area contributed by atoms with E-state index >= 15 is 0 Å². The maximum atomic E-state index is 10.9. The van der Waals surface area contributed by atoms with Crippen molar-refractivity contribution in [1.29, 1.82) is 0 Å². The molecule has 4 atom stereocenters. The van der Waals surface area contributed by atoms with Gasteiger partial charge in [-0.15, -0.1) is 0 Å². The minimum atomic E-state index is -0.132. The van der Waals surface area contributed by atoms with Crippen LogP contribution in [0, 0.1) is 11.8 Å². The van der Waals surface area contributed by atoms with E-state index in [0.29, 0.717) is 12.1 Å². The summed E-state index contributed by atoms with van der Waals surface area (Å²) >= 11 is 0. The van der Waals surface area contributed by atoms with Crippen molar-refractivity contribution in [3.05, 3.63) is 0 Å². The Morgan fingerprint density at radius 3 is 1.23 bits per heavy atom. The largest absolute Gasteiger partial charge is 0.469 e. The number of carbonyl (C=O) groups is 2. The number of ether oxygens (including phenoxy) is 2. The maximum Gasteiger partial charge on any atom is 0.308 e. The molecule has 6 nitrogen and oxygen atoms in total. The molecule has 132 valence electrons. The Morgan fingerprint density at radius 1 is 0.773 bits per heavy atom. The second-order valence-electron chi connectivity index (χ2n) is 5.70. The third kappa shape index (κ3) is 11.5. The Kier molecular flexibility index (Phi) is 14.2. The molecule has 2 unspecified atom stereocenters. The molecule has 0 spiro atoms. The van der Waals surface area contributed by atoms with E-state index in [2.05, 4.69) is 20.1 Å². The van der Waals surface area contributed by atoms with Crippen LogP contribution in [0.15, 0.2) is 0 Å². The number of methoxy groups -OCH3 is 2. The summed E-state index contributed by atoms with van der Waals surface area (Å²) in [7, 11) is 6.61. The molecule has 0 radical (unpaired) electrons. The monoisotopic (exact) mass is 318 g/mol. The molecule has 0 aliphatic rings. The van der Waals surface area contributed by atoms with Crippen LogP contribution >= 0.6 is 0 Å². The lowest BCUT2D eigenvalue weighted by Crippen LogP contribution is -2.26. The highest BCUT2D eigenvalue weighted by atomic mass is 16.5. The predicted octanol–water partition coefficient (Wildman–Crippen LogP) is 1.59. The minimum Gasteiger partial charge on any atom is -0.469 e. The average Bonchev–Trinajstić information content (AvgIpc) is 2.52. The Balaban J connectivity index is 0. The summed E-state index contributed by atoms with van der Waals surface area (Å²) in [5.41, 5.74) is 0. The van der Waals surface area contributed by atoms with E-state index in [1.165, 1.54) is 14.2 Å². The first-order valence-electron chi connectivity index (χ1n) is 7.73. The zero-order chi connectivity index (χ0) is 17.7. The third-order valence-corrected chi connectivity index (χ3v) is 3.61. The molecule has 0 aromatic heterocycles. The van der Waals surface area contributed by atoms with Crippen LogP contribution in [0.5, 0.6) is 0 Å². The Morgan fingerprint density at radius 2 is 1.05 bits per heavy atom. The van der Waals surface area contributed by atoms with E-state index in [-0.39, 0.29) is 23.8 Å². The van der Waals surface area contributed by atoms with Crippen LogP contribution in [0.25, 0.3) is 0 Å². The van der Waals surface area contributed by atoms with Crippen LogP contribution in [-0.2, 0) is 19.1 Å². The van der Waals surface area contributed by atoms with E-state index in [4.69, 9.17) is 0 Å². The van der Waals surface area contributed by atoms with Gasteiger partial charge in [0.25, 0.3) is 0 Å². The maximum absolute atomic E-state index is 10.9. The first-order chi connectivity index (χ1) is 10.2. The summed E-state index contributed by atoms with van der Waals surface area (Å²) in [5.74, 6) is -0.288. The number of carbonyl (C=O) groups excluding carboxylic acids is 2. The summed E-state index contributed by atoms with van der Waals surface area (Å²) in [5, 5.41) is 6.13. The molecule has 0 fully saturated rings. The van der Waals surface area contributed by atoms with Crippen molar-refractivity contribution < 1.29 is 19.1 Å². The fourth-order valence-corrected chi connectivity index (χ4v) is 1.89. The van der Waals surface area contributed by atoms with Gasteiger partial charge in [0, 0.05) is 12.1 Å². The summed E-state index contributed by atoms with van der Waals surface area (Å²) in [6.07, 6.45) is 1.65. The SMILES string of the molecule is CNC(C)C[C@@H](C)C(=O)OC.CNC(C)C[C@H](C)C(=O)OC. The number of hydrogen-bond donors (Lipinski definition) is 2. The van der Waals surface area contributed by atoms with Crippen LogP contribution in [0.3, 0.4) is 0 Å². The predicted molar refractivity (Wildman–Crippen MR) is 88.6 cm³/mol. The van der Waals surface area contributed by atoms with E-state index < -0.39 is 0 Å². The first kappa shape index (κ1) is 23.1. The molecule has 0 aliphatic heterocycles. The van der Waals surface area contributed by atoms with Gasteiger partial charge in [-0.05, 0) is 40.8 Å². The van der Waals surface area contributed by atoms with E-state index in [1.807, 2.05) is 41.8 Å². The highest BCUT2D eigenvalue weighted by molar-refractivity contribution is 5.72. The Labute approximate surface area is 135 Å². The molecule has 0 bridgehead atoms. The quantitative estimate of drug-likeness (QED) is 0.662. The summed E-state index contributed by atoms with van der Waals surface area (Å²) in [4.78, 5) is 21.8. The van der Waals surface area contributed by atoms with Crippen molar-refractivity contribution >= 4 is 11.9 Å². The van der Waals surface area contributed by atoms with Gasteiger partial charge in [-0.3, -0.25) is 9.59 Å². The lowest BCUT2D eigenvalue weighted by atomic mass is 10.0. The molecular formula is C16H34N2O4. The molecule has 0 heterocycles. The van der Waals surface area contributed by atoms with Gasteiger partial charge in [-0.2, -0.15) is 0 Å². The highest BCUT2D eigenvalue weighted by Gasteiger charge is 2.15. The van der Waals surface area contributed by atoms with Crippen molar-refractivity contribution in [1.82, 2.24) is 10.6 Å². The molecule has 2 N–H and O–H groups in total. The van der Waals surface area contributed by atoms with Crippen molar-refractivity contribution in [2.24, 2.45) is 11.8 Å². The van der Waals surface area contributed by atoms with Crippen LogP contribution in [-0.4, -0.2) is 52.3 Å². The average molecular weight is 318 g/mol. The highest BCUT2D eigenvalue weighted by Crippen LogP contribution is 2.07. The third-order valence-electron chi connectivity index (χ3n) is 3.61. The Hall–Kier alpha value is -1.14. The van der Waals surface area contributed by atoms with Gasteiger partial charge in [0.05, 0.1) is 26.1 Å². The summed E-state index contributed by atoms with van der Waals surface area (Å²) in [6.45, 7) is 7.83. The Bertz CT molecular complexity index is 281. The van der Waals surface area contributed by atoms with Crippen molar-refractivity contribution in [3.63, 3.8) is 0 Å². The van der Waals surface area contributed by atoms with E-state index in [0.717, 1.165) is 12.8 Å². The summed E-state index contributed by atoms with van der Waals surface area (Å²) in [6, 6.07) is 0.730. The zero-order valence-corrected chi connectivity index (χ0v) is 15.4. The van der Waals surface area contributed by atoms with Gasteiger partial charge in [-0.1, -0.05) is 13.8 Å². The molecule has 6 heteroatoms. The molecule has 0 aromatic carbocycles. The topological polar surface area (TPSA) is 76.7 Å². The standard InChI is InChI=1S/2C8H17NO2/c2*1-6(8(10)11-4)5-7(2)9-3/h2*6-7,9H,5H2,1-4H3/t2*6-,7?/m10/s1. The van der Waals surface area contributed by atoms with Gasteiger partial charge >= 0.3 is 11.9 Å². The van der Waals surface area contributed by atoms with Crippen LogP contribution in [0.4, 0.5) is 0 Å². The molecule has 0 saturated heterocycles. The molecule has 0 aliphatic carbocycles. The zero-order valence-electron chi connectivity index (χ0n) is 15.4. The molecule has 0 aromatic rings. The molecular weight excluding hydrogens is 284 g/mol. The van der Waals surface area contributed by atoms with Crippen molar-refractivity contribution in [2.45, 2.75) is 52.6 Å². The van der Waals surface area contributed by atoms with Gasteiger partial charge in [0.15, 0.2) is 0 Å². The number of esters is 2.